The second kappa shape index (κ2) is 6.55. The Bertz CT molecular complexity index is 868. The van der Waals surface area contributed by atoms with Crippen molar-refractivity contribution in [1.82, 2.24) is 10.8 Å². The molecule has 0 bridgehead atoms. The Kier molecular flexibility index (Phi) is 4.31. The molecule has 1 heterocycles. The average Bonchev–Trinajstić information content (AvgIpc) is 3.05. The van der Waals surface area contributed by atoms with Crippen molar-refractivity contribution in [2.75, 3.05) is 0 Å². The first kappa shape index (κ1) is 15.8. The number of furan rings is 1. The molecule has 1 aromatic heterocycles. The van der Waals surface area contributed by atoms with Crippen LogP contribution in [0.15, 0.2) is 59.0 Å². The van der Waals surface area contributed by atoms with E-state index in [0.29, 0.717) is 11.1 Å². The molecule has 3 rings (SSSR count). The summed E-state index contributed by atoms with van der Waals surface area (Å²) in [6.07, 6.45) is 0. The van der Waals surface area contributed by atoms with Gasteiger partial charge < -0.3 is 9.73 Å². The highest BCUT2D eigenvalue weighted by atomic mass is 16.5. The van der Waals surface area contributed by atoms with Crippen LogP contribution in [0.2, 0.25) is 0 Å². The summed E-state index contributed by atoms with van der Waals surface area (Å²) >= 11 is 0. The van der Waals surface area contributed by atoms with Gasteiger partial charge in [-0.05, 0) is 36.8 Å². The fourth-order valence-electron chi connectivity index (χ4n) is 2.46. The molecule has 2 amide bonds. The maximum Gasteiger partial charge on any atom is 0.287 e. The topological polar surface area (TPSA) is 91.6 Å². The van der Waals surface area contributed by atoms with Crippen molar-refractivity contribution < 1.29 is 19.2 Å². The molecule has 0 aliphatic carbocycles. The van der Waals surface area contributed by atoms with E-state index < -0.39 is 5.91 Å². The average molecular weight is 324 g/mol. The van der Waals surface area contributed by atoms with Gasteiger partial charge in [0.2, 0.25) is 0 Å². The Morgan fingerprint density at radius 3 is 2.58 bits per heavy atom. The SMILES string of the molecule is C[C@@H](NC(=O)c1cc2ccccc2o1)c1cccc(C(=O)NO)c1. The zero-order valence-electron chi connectivity index (χ0n) is 12.9. The summed E-state index contributed by atoms with van der Waals surface area (Å²) in [5.74, 6) is -0.712. The molecule has 0 saturated heterocycles. The minimum Gasteiger partial charge on any atom is -0.451 e. The number of fused-ring (bicyclic) bond motifs is 1. The van der Waals surface area contributed by atoms with E-state index in [4.69, 9.17) is 9.62 Å². The van der Waals surface area contributed by atoms with Crippen molar-refractivity contribution in [1.29, 1.82) is 0 Å². The van der Waals surface area contributed by atoms with E-state index in [2.05, 4.69) is 5.32 Å². The first-order valence-electron chi connectivity index (χ1n) is 7.42. The van der Waals surface area contributed by atoms with Crippen LogP contribution in [-0.4, -0.2) is 17.0 Å². The molecule has 122 valence electrons. The van der Waals surface area contributed by atoms with Gasteiger partial charge in [-0.15, -0.1) is 0 Å². The first-order valence-corrected chi connectivity index (χ1v) is 7.42. The van der Waals surface area contributed by atoms with E-state index in [-0.39, 0.29) is 17.7 Å². The van der Waals surface area contributed by atoms with Gasteiger partial charge in [0, 0.05) is 10.9 Å². The minimum atomic E-state index is -0.604. The number of nitrogens with one attached hydrogen (secondary N) is 2. The lowest BCUT2D eigenvalue weighted by Crippen LogP contribution is -2.26. The van der Waals surface area contributed by atoms with Crippen LogP contribution < -0.4 is 10.8 Å². The Hall–Kier alpha value is -3.12. The zero-order valence-corrected chi connectivity index (χ0v) is 12.9. The number of rotatable bonds is 4. The van der Waals surface area contributed by atoms with Crippen molar-refractivity contribution >= 4 is 22.8 Å². The molecule has 3 N–H and O–H groups in total. The number of para-hydroxylation sites is 1. The number of benzene rings is 2. The standard InChI is InChI=1S/C18H16N2O4/c1-11(12-6-4-7-14(9-12)17(21)20-23)19-18(22)16-10-13-5-2-3-8-15(13)24-16/h2-11,23H,1H3,(H,19,22)(H,20,21)/t11-/m1/s1. The second-order valence-electron chi connectivity index (χ2n) is 5.41. The molecule has 0 saturated carbocycles. The molecule has 6 heteroatoms. The second-order valence-corrected chi connectivity index (χ2v) is 5.41. The van der Waals surface area contributed by atoms with Gasteiger partial charge >= 0.3 is 0 Å². The van der Waals surface area contributed by atoms with Gasteiger partial charge in [-0.2, -0.15) is 0 Å². The van der Waals surface area contributed by atoms with Gasteiger partial charge in [0.15, 0.2) is 5.76 Å². The lowest BCUT2D eigenvalue weighted by molar-refractivity contribution is 0.0706. The quantitative estimate of drug-likeness (QED) is 0.508. The summed E-state index contributed by atoms with van der Waals surface area (Å²) in [4.78, 5) is 23.8. The van der Waals surface area contributed by atoms with E-state index in [1.165, 1.54) is 0 Å². The van der Waals surface area contributed by atoms with Crippen LogP contribution in [-0.2, 0) is 0 Å². The lowest BCUT2D eigenvalue weighted by Gasteiger charge is -2.14. The van der Waals surface area contributed by atoms with Gasteiger partial charge in [-0.25, -0.2) is 5.48 Å². The predicted octanol–water partition coefficient (Wildman–Crippen LogP) is 3.04. The highest BCUT2D eigenvalue weighted by Gasteiger charge is 2.16. The Balaban J connectivity index is 1.77. The van der Waals surface area contributed by atoms with Crippen LogP contribution in [0.1, 0.15) is 39.4 Å². The normalized spacial score (nSPS) is 11.9. The molecule has 0 radical (unpaired) electrons. The summed E-state index contributed by atoms with van der Waals surface area (Å²) in [5.41, 5.74) is 3.28. The summed E-state index contributed by atoms with van der Waals surface area (Å²) < 4.78 is 5.54. The lowest BCUT2D eigenvalue weighted by atomic mass is 10.0. The molecule has 3 aromatic rings. The monoisotopic (exact) mass is 324 g/mol. The van der Waals surface area contributed by atoms with Gasteiger partial charge in [-0.1, -0.05) is 30.3 Å². The van der Waals surface area contributed by atoms with Gasteiger partial charge in [0.25, 0.3) is 11.8 Å². The number of carbonyl (C=O) groups excluding carboxylic acids is 2. The molecule has 24 heavy (non-hydrogen) atoms. The molecular formula is C18H16N2O4. The summed E-state index contributed by atoms with van der Waals surface area (Å²) in [5, 5.41) is 12.4. The van der Waals surface area contributed by atoms with E-state index in [1.54, 1.807) is 48.8 Å². The van der Waals surface area contributed by atoms with Crippen LogP contribution in [0.4, 0.5) is 0 Å². The predicted molar refractivity (Wildman–Crippen MR) is 87.8 cm³/mol. The van der Waals surface area contributed by atoms with E-state index in [0.717, 1.165) is 10.9 Å². The van der Waals surface area contributed by atoms with Crippen molar-refractivity contribution in [3.05, 3.63) is 71.5 Å². The molecule has 6 nitrogen and oxygen atoms in total. The molecule has 0 unspecified atom stereocenters. The zero-order chi connectivity index (χ0) is 17.1. The van der Waals surface area contributed by atoms with Crippen molar-refractivity contribution in [2.24, 2.45) is 0 Å². The highest BCUT2D eigenvalue weighted by molar-refractivity contribution is 5.96. The van der Waals surface area contributed by atoms with Gasteiger partial charge in [0.05, 0.1) is 6.04 Å². The molecule has 0 aliphatic rings. The van der Waals surface area contributed by atoms with Crippen LogP contribution >= 0.6 is 0 Å². The highest BCUT2D eigenvalue weighted by Crippen LogP contribution is 2.20. The molecule has 1 atom stereocenters. The Labute approximate surface area is 138 Å². The van der Waals surface area contributed by atoms with Gasteiger partial charge in [-0.3, -0.25) is 14.8 Å². The van der Waals surface area contributed by atoms with Crippen LogP contribution in [0.3, 0.4) is 0 Å². The van der Waals surface area contributed by atoms with Crippen LogP contribution in [0.25, 0.3) is 11.0 Å². The third-order valence-corrected chi connectivity index (χ3v) is 3.75. The van der Waals surface area contributed by atoms with Crippen molar-refractivity contribution in [2.45, 2.75) is 13.0 Å². The fourth-order valence-corrected chi connectivity index (χ4v) is 2.46. The molecule has 2 aromatic carbocycles. The molecule has 0 fully saturated rings. The Morgan fingerprint density at radius 1 is 1.04 bits per heavy atom. The summed E-state index contributed by atoms with van der Waals surface area (Å²) in [6, 6.07) is 15.4. The maximum atomic E-state index is 12.3. The van der Waals surface area contributed by atoms with Gasteiger partial charge in [0.1, 0.15) is 5.58 Å². The number of carbonyl (C=O) groups is 2. The van der Waals surface area contributed by atoms with Crippen molar-refractivity contribution in [3.63, 3.8) is 0 Å². The van der Waals surface area contributed by atoms with E-state index >= 15 is 0 Å². The first-order chi connectivity index (χ1) is 11.6. The molecule has 0 spiro atoms. The summed E-state index contributed by atoms with van der Waals surface area (Å²) in [7, 11) is 0. The number of hydroxylamine groups is 1. The maximum absolute atomic E-state index is 12.3. The summed E-state index contributed by atoms with van der Waals surface area (Å²) in [6.45, 7) is 1.80. The largest absolute Gasteiger partial charge is 0.451 e. The third-order valence-electron chi connectivity index (χ3n) is 3.75. The number of amides is 2. The molecule has 0 aliphatic heterocycles. The van der Waals surface area contributed by atoms with Crippen LogP contribution in [0, 0.1) is 0 Å². The van der Waals surface area contributed by atoms with Crippen molar-refractivity contribution in [3.8, 4) is 0 Å². The van der Waals surface area contributed by atoms with E-state index in [9.17, 15) is 9.59 Å². The Morgan fingerprint density at radius 2 is 1.83 bits per heavy atom. The van der Waals surface area contributed by atoms with E-state index in [1.807, 2.05) is 18.2 Å². The number of hydrogen-bond donors (Lipinski definition) is 3. The smallest absolute Gasteiger partial charge is 0.287 e. The van der Waals surface area contributed by atoms with Crippen LogP contribution in [0.5, 0.6) is 0 Å². The molecular weight excluding hydrogens is 308 g/mol. The number of hydrogen-bond acceptors (Lipinski definition) is 4. The minimum absolute atomic E-state index is 0.229. The fraction of sp³-hybridized carbons (Fsp3) is 0.111. The third kappa shape index (κ3) is 3.13.